The largest absolute Gasteiger partial charge is 0.309 e. The fraction of sp³-hybridized carbons (Fsp3) is 0. The Balaban J connectivity index is 1.29. The summed E-state index contributed by atoms with van der Waals surface area (Å²) in [6.45, 7) is 0. The lowest BCUT2D eigenvalue weighted by atomic mass is 10.1. The molecule has 0 fully saturated rings. The van der Waals surface area contributed by atoms with Crippen LogP contribution in [-0.2, 0) is 0 Å². The Morgan fingerprint density at radius 2 is 0.902 bits per heavy atom. The standard InChI is InChI=1S/C47H30N4/c1-3-15-31(16-4-1)38-23-14-28-44(48-38)51-40-25-11-8-19-33(40)35-22-13-27-43(46(35)51)50-41-26-12-9-21-37(41)45-42(50)30-29-36-34-20-7-10-24-39(34)49(47(36)45)32-17-5-2-6-18-32/h1-30H. The summed E-state index contributed by atoms with van der Waals surface area (Å²) < 4.78 is 7.27. The van der Waals surface area contributed by atoms with Gasteiger partial charge in [-0.15, -0.1) is 0 Å². The Hall–Kier alpha value is -6.91. The van der Waals surface area contributed by atoms with Crippen molar-refractivity contribution in [2.75, 3.05) is 0 Å². The van der Waals surface area contributed by atoms with E-state index in [9.17, 15) is 0 Å². The van der Waals surface area contributed by atoms with Crippen molar-refractivity contribution in [1.29, 1.82) is 0 Å². The number of rotatable bonds is 4. The highest BCUT2D eigenvalue weighted by Crippen LogP contribution is 2.44. The molecule has 0 unspecified atom stereocenters. The quantitative estimate of drug-likeness (QED) is 0.186. The molecule has 0 bridgehead atoms. The summed E-state index contributed by atoms with van der Waals surface area (Å²) in [6, 6.07) is 65.2. The van der Waals surface area contributed by atoms with Gasteiger partial charge in [0.2, 0.25) is 0 Å². The smallest absolute Gasteiger partial charge is 0.138 e. The van der Waals surface area contributed by atoms with Crippen molar-refractivity contribution < 1.29 is 0 Å². The van der Waals surface area contributed by atoms with Gasteiger partial charge in [-0.3, -0.25) is 4.57 Å². The third-order valence-electron chi connectivity index (χ3n) is 10.4. The Labute approximate surface area is 293 Å². The SMILES string of the molecule is c1ccc(-c2cccc(-n3c4ccccc4c4cccc(-n5c6ccccc6c6c5ccc5c7ccccc7n(-c7ccccc7)c56)c43)n2)cc1. The molecular formula is C47H30N4. The Morgan fingerprint density at radius 3 is 1.65 bits per heavy atom. The molecule has 0 aliphatic carbocycles. The zero-order valence-corrected chi connectivity index (χ0v) is 27.6. The summed E-state index contributed by atoms with van der Waals surface area (Å²) in [5, 5.41) is 7.36. The van der Waals surface area contributed by atoms with Gasteiger partial charge < -0.3 is 9.13 Å². The van der Waals surface area contributed by atoms with Crippen LogP contribution in [0.1, 0.15) is 0 Å². The van der Waals surface area contributed by atoms with E-state index in [1.807, 2.05) is 6.07 Å². The summed E-state index contributed by atoms with van der Waals surface area (Å²) in [7, 11) is 0. The van der Waals surface area contributed by atoms with Crippen molar-refractivity contribution >= 4 is 65.4 Å². The molecule has 238 valence electrons. The van der Waals surface area contributed by atoms with Crippen LogP contribution in [0.3, 0.4) is 0 Å². The van der Waals surface area contributed by atoms with Crippen LogP contribution in [0.4, 0.5) is 0 Å². The molecule has 7 aromatic carbocycles. The second kappa shape index (κ2) is 10.8. The van der Waals surface area contributed by atoms with Crippen LogP contribution < -0.4 is 0 Å². The van der Waals surface area contributed by atoms with E-state index >= 15 is 0 Å². The van der Waals surface area contributed by atoms with Gasteiger partial charge in [-0.25, -0.2) is 4.98 Å². The summed E-state index contributed by atoms with van der Waals surface area (Å²) in [4.78, 5) is 5.29. The highest BCUT2D eigenvalue weighted by atomic mass is 15.1. The van der Waals surface area contributed by atoms with Crippen LogP contribution in [0.2, 0.25) is 0 Å². The first-order chi connectivity index (χ1) is 25.3. The second-order valence-electron chi connectivity index (χ2n) is 13.2. The average Bonchev–Trinajstić information content (AvgIpc) is 3.84. The third kappa shape index (κ3) is 3.99. The number of hydrogen-bond donors (Lipinski definition) is 0. The zero-order chi connectivity index (χ0) is 33.5. The van der Waals surface area contributed by atoms with Crippen molar-refractivity contribution in [2.45, 2.75) is 0 Å². The molecule has 0 aliphatic rings. The molecule has 0 saturated carbocycles. The fourth-order valence-corrected chi connectivity index (χ4v) is 8.35. The maximum absolute atomic E-state index is 5.29. The molecule has 0 atom stereocenters. The normalized spacial score (nSPS) is 11.9. The monoisotopic (exact) mass is 650 g/mol. The number of fused-ring (bicyclic) bond motifs is 10. The van der Waals surface area contributed by atoms with E-state index in [-0.39, 0.29) is 0 Å². The van der Waals surface area contributed by atoms with E-state index in [1.165, 1.54) is 54.4 Å². The Bertz CT molecular complexity index is 3130. The topological polar surface area (TPSA) is 27.7 Å². The predicted molar refractivity (Wildman–Crippen MR) is 213 cm³/mol. The summed E-state index contributed by atoms with van der Waals surface area (Å²) >= 11 is 0. The first-order valence-corrected chi connectivity index (χ1v) is 17.4. The van der Waals surface area contributed by atoms with Crippen molar-refractivity contribution in [3.63, 3.8) is 0 Å². The molecule has 4 aromatic heterocycles. The van der Waals surface area contributed by atoms with E-state index in [1.54, 1.807) is 0 Å². The summed E-state index contributed by atoms with van der Waals surface area (Å²) in [5.41, 5.74) is 11.3. The van der Waals surface area contributed by atoms with Gasteiger partial charge in [-0.2, -0.15) is 0 Å². The molecule has 0 spiro atoms. The third-order valence-corrected chi connectivity index (χ3v) is 10.4. The molecule has 51 heavy (non-hydrogen) atoms. The van der Waals surface area contributed by atoms with Crippen LogP contribution in [-0.4, -0.2) is 18.7 Å². The molecular weight excluding hydrogens is 621 g/mol. The lowest BCUT2D eigenvalue weighted by molar-refractivity contribution is 1.07. The van der Waals surface area contributed by atoms with Gasteiger partial charge in [0.15, 0.2) is 0 Å². The molecule has 11 aromatic rings. The zero-order valence-electron chi connectivity index (χ0n) is 27.6. The van der Waals surface area contributed by atoms with Crippen LogP contribution in [0.5, 0.6) is 0 Å². The maximum atomic E-state index is 5.29. The predicted octanol–water partition coefficient (Wildman–Crippen LogP) is 12.0. The molecule has 0 N–H and O–H groups in total. The van der Waals surface area contributed by atoms with Crippen LogP contribution >= 0.6 is 0 Å². The second-order valence-corrected chi connectivity index (χ2v) is 13.2. The molecule has 0 radical (unpaired) electrons. The molecule has 4 heteroatoms. The Kier molecular flexibility index (Phi) is 5.92. The minimum Gasteiger partial charge on any atom is -0.309 e. The van der Waals surface area contributed by atoms with Gasteiger partial charge in [-0.05, 0) is 54.6 Å². The maximum Gasteiger partial charge on any atom is 0.138 e. The minimum atomic E-state index is 0.891. The van der Waals surface area contributed by atoms with E-state index in [4.69, 9.17) is 4.98 Å². The molecule has 4 nitrogen and oxygen atoms in total. The molecule has 0 saturated heterocycles. The van der Waals surface area contributed by atoms with E-state index in [0.717, 1.165) is 39.5 Å². The van der Waals surface area contributed by atoms with Gasteiger partial charge >= 0.3 is 0 Å². The van der Waals surface area contributed by atoms with Crippen LogP contribution in [0, 0.1) is 0 Å². The van der Waals surface area contributed by atoms with E-state index in [0.29, 0.717) is 0 Å². The molecule has 0 amide bonds. The van der Waals surface area contributed by atoms with Gasteiger partial charge in [-0.1, -0.05) is 127 Å². The fourth-order valence-electron chi connectivity index (χ4n) is 8.35. The highest BCUT2D eigenvalue weighted by molar-refractivity contribution is 6.26. The van der Waals surface area contributed by atoms with Gasteiger partial charge in [0.05, 0.1) is 44.5 Å². The van der Waals surface area contributed by atoms with Crippen molar-refractivity contribution in [3.8, 4) is 28.5 Å². The first-order valence-electron chi connectivity index (χ1n) is 17.4. The van der Waals surface area contributed by atoms with Gasteiger partial charge in [0.25, 0.3) is 0 Å². The lowest BCUT2D eigenvalue weighted by Gasteiger charge is -2.14. The number of pyridine rings is 1. The molecule has 4 heterocycles. The van der Waals surface area contributed by atoms with Crippen molar-refractivity contribution in [2.24, 2.45) is 0 Å². The van der Waals surface area contributed by atoms with Gasteiger partial charge in [0, 0.05) is 43.6 Å². The highest BCUT2D eigenvalue weighted by Gasteiger charge is 2.23. The molecule has 11 rings (SSSR count). The van der Waals surface area contributed by atoms with Crippen LogP contribution in [0.25, 0.3) is 93.9 Å². The Morgan fingerprint density at radius 1 is 0.333 bits per heavy atom. The molecule has 0 aliphatic heterocycles. The van der Waals surface area contributed by atoms with Crippen LogP contribution in [0.15, 0.2) is 182 Å². The van der Waals surface area contributed by atoms with E-state index < -0.39 is 0 Å². The lowest BCUT2D eigenvalue weighted by Crippen LogP contribution is -2.02. The average molecular weight is 651 g/mol. The van der Waals surface area contributed by atoms with Crippen molar-refractivity contribution in [1.82, 2.24) is 18.7 Å². The van der Waals surface area contributed by atoms with Crippen molar-refractivity contribution in [3.05, 3.63) is 182 Å². The van der Waals surface area contributed by atoms with E-state index in [2.05, 4.69) is 190 Å². The summed E-state index contributed by atoms with van der Waals surface area (Å²) in [6.07, 6.45) is 0. The van der Waals surface area contributed by atoms with Gasteiger partial charge in [0.1, 0.15) is 5.82 Å². The summed E-state index contributed by atoms with van der Waals surface area (Å²) in [5.74, 6) is 0.891. The first kappa shape index (κ1) is 28.0. The number of aromatic nitrogens is 4. The number of benzene rings is 7. The minimum absolute atomic E-state index is 0.891. The number of hydrogen-bond acceptors (Lipinski definition) is 1. The number of nitrogens with zero attached hydrogens (tertiary/aromatic N) is 4. The number of para-hydroxylation sites is 5.